The summed E-state index contributed by atoms with van der Waals surface area (Å²) >= 11 is 0. The van der Waals surface area contributed by atoms with Crippen LogP contribution in [-0.2, 0) is 32.4 Å². The van der Waals surface area contributed by atoms with Gasteiger partial charge in [0, 0.05) is 6.54 Å². The standard InChI is InChI=1S/C12H13NO4S/c14-8-12(15)13-7-9-3-4-11-10(6-9)2-1-5-18(11,16)17/h3-4,6,8H,1-2,5,7H2,(H,13,15). The number of benzene rings is 1. The van der Waals surface area contributed by atoms with E-state index < -0.39 is 15.7 Å². The van der Waals surface area contributed by atoms with E-state index in [0.29, 0.717) is 11.3 Å². The van der Waals surface area contributed by atoms with Crippen molar-refractivity contribution in [1.82, 2.24) is 5.32 Å². The molecule has 5 nitrogen and oxygen atoms in total. The van der Waals surface area contributed by atoms with Crippen LogP contribution in [0.25, 0.3) is 0 Å². The molecule has 0 radical (unpaired) electrons. The lowest BCUT2D eigenvalue weighted by atomic mass is 10.1. The molecule has 2 rings (SSSR count). The van der Waals surface area contributed by atoms with E-state index in [2.05, 4.69) is 5.32 Å². The predicted octanol–water partition coefficient (Wildman–Crippen LogP) is 0.222. The summed E-state index contributed by atoms with van der Waals surface area (Å²) in [6.07, 6.45) is 1.56. The molecule has 18 heavy (non-hydrogen) atoms. The van der Waals surface area contributed by atoms with Gasteiger partial charge in [0.25, 0.3) is 5.91 Å². The Balaban J connectivity index is 2.22. The van der Waals surface area contributed by atoms with E-state index in [1.54, 1.807) is 18.2 Å². The van der Waals surface area contributed by atoms with Crippen LogP contribution >= 0.6 is 0 Å². The second-order valence-electron chi connectivity index (χ2n) is 4.20. The van der Waals surface area contributed by atoms with Gasteiger partial charge in [-0.2, -0.15) is 0 Å². The molecule has 6 heteroatoms. The lowest BCUT2D eigenvalue weighted by molar-refractivity contribution is -0.131. The Morgan fingerprint density at radius 2 is 2.17 bits per heavy atom. The molecule has 0 saturated heterocycles. The number of carbonyl (C=O) groups excluding carboxylic acids is 2. The molecule has 1 amide bonds. The second-order valence-corrected chi connectivity index (χ2v) is 6.28. The van der Waals surface area contributed by atoms with Crippen LogP contribution in [0, 0.1) is 0 Å². The second kappa shape index (κ2) is 4.89. The van der Waals surface area contributed by atoms with Gasteiger partial charge < -0.3 is 5.32 Å². The number of hydrogen-bond acceptors (Lipinski definition) is 4. The molecule has 0 atom stereocenters. The Hall–Kier alpha value is -1.69. The van der Waals surface area contributed by atoms with Crippen LogP contribution in [0.2, 0.25) is 0 Å². The summed E-state index contributed by atoms with van der Waals surface area (Å²) < 4.78 is 23.6. The molecule has 0 spiro atoms. The predicted molar refractivity (Wildman–Crippen MR) is 64.7 cm³/mol. The third-order valence-electron chi connectivity index (χ3n) is 2.89. The summed E-state index contributed by atoms with van der Waals surface area (Å²) in [6, 6.07) is 5.01. The van der Waals surface area contributed by atoms with Crippen molar-refractivity contribution in [2.75, 3.05) is 5.75 Å². The molecule has 1 aliphatic heterocycles. The van der Waals surface area contributed by atoms with Crippen molar-refractivity contribution in [3.63, 3.8) is 0 Å². The Morgan fingerprint density at radius 1 is 1.39 bits per heavy atom. The highest BCUT2D eigenvalue weighted by Gasteiger charge is 2.23. The number of sulfone groups is 1. The number of rotatable bonds is 3. The molecule has 0 fully saturated rings. The molecule has 0 saturated carbocycles. The van der Waals surface area contributed by atoms with E-state index in [0.717, 1.165) is 17.5 Å². The fourth-order valence-electron chi connectivity index (χ4n) is 2.03. The van der Waals surface area contributed by atoms with E-state index in [1.807, 2.05) is 0 Å². The monoisotopic (exact) mass is 267 g/mol. The van der Waals surface area contributed by atoms with Gasteiger partial charge in [-0.1, -0.05) is 12.1 Å². The van der Waals surface area contributed by atoms with Crippen molar-refractivity contribution in [2.24, 2.45) is 0 Å². The number of hydrogen-bond donors (Lipinski definition) is 1. The highest BCUT2D eigenvalue weighted by molar-refractivity contribution is 7.91. The van der Waals surface area contributed by atoms with Crippen molar-refractivity contribution >= 4 is 22.0 Å². The zero-order chi connectivity index (χ0) is 13.2. The maximum absolute atomic E-state index is 11.8. The maximum Gasteiger partial charge on any atom is 0.284 e. The Labute approximate surface area is 105 Å². The van der Waals surface area contributed by atoms with E-state index in [-0.39, 0.29) is 18.6 Å². The maximum atomic E-state index is 11.8. The molecule has 1 N–H and O–H groups in total. The molecule has 0 aromatic heterocycles. The fourth-order valence-corrected chi connectivity index (χ4v) is 3.62. The van der Waals surface area contributed by atoms with Crippen LogP contribution in [0.5, 0.6) is 0 Å². The SMILES string of the molecule is O=CC(=O)NCc1ccc2c(c1)CCCS2(=O)=O. The van der Waals surface area contributed by atoms with Crippen LogP contribution in [0.3, 0.4) is 0 Å². The Bertz CT molecular complexity index is 592. The molecule has 1 aliphatic rings. The van der Waals surface area contributed by atoms with Gasteiger partial charge in [-0.15, -0.1) is 0 Å². The van der Waals surface area contributed by atoms with Crippen molar-refractivity contribution in [3.8, 4) is 0 Å². The smallest absolute Gasteiger partial charge is 0.284 e. The largest absolute Gasteiger partial charge is 0.346 e. The molecule has 96 valence electrons. The van der Waals surface area contributed by atoms with E-state index in [1.165, 1.54) is 0 Å². The van der Waals surface area contributed by atoms with Gasteiger partial charge in [0.15, 0.2) is 9.84 Å². The summed E-state index contributed by atoms with van der Waals surface area (Å²) in [4.78, 5) is 21.3. The number of nitrogens with one attached hydrogen (secondary N) is 1. The average molecular weight is 267 g/mol. The first kappa shape index (κ1) is 12.8. The molecule has 0 bridgehead atoms. The summed E-state index contributed by atoms with van der Waals surface area (Å²) in [5, 5.41) is 2.42. The van der Waals surface area contributed by atoms with Crippen LogP contribution in [0.1, 0.15) is 17.5 Å². The van der Waals surface area contributed by atoms with Gasteiger partial charge in [0.2, 0.25) is 6.29 Å². The quantitative estimate of drug-likeness (QED) is 0.627. The van der Waals surface area contributed by atoms with Crippen LogP contribution in [-0.4, -0.2) is 26.4 Å². The van der Waals surface area contributed by atoms with Gasteiger partial charge in [-0.25, -0.2) is 8.42 Å². The van der Waals surface area contributed by atoms with Gasteiger partial charge >= 0.3 is 0 Å². The van der Waals surface area contributed by atoms with Crippen LogP contribution < -0.4 is 5.32 Å². The normalized spacial score (nSPS) is 16.7. The number of amides is 1. The van der Waals surface area contributed by atoms with E-state index >= 15 is 0 Å². The minimum Gasteiger partial charge on any atom is -0.346 e. The molecule has 0 aliphatic carbocycles. The summed E-state index contributed by atoms with van der Waals surface area (Å²) in [5.41, 5.74) is 1.58. The van der Waals surface area contributed by atoms with Crippen molar-refractivity contribution in [3.05, 3.63) is 29.3 Å². The zero-order valence-corrected chi connectivity index (χ0v) is 10.5. The first-order valence-electron chi connectivity index (χ1n) is 5.60. The lowest BCUT2D eigenvalue weighted by Gasteiger charge is -2.17. The highest BCUT2D eigenvalue weighted by Crippen LogP contribution is 2.25. The first-order chi connectivity index (χ1) is 8.53. The van der Waals surface area contributed by atoms with Crippen LogP contribution in [0.4, 0.5) is 0 Å². The summed E-state index contributed by atoms with van der Waals surface area (Å²) in [5.74, 6) is -0.485. The number of aldehydes is 1. The average Bonchev–Trinajstić information content (AvgIpc) is 2.35. The molecular weight excluding hydrogens is 254 g/mol. The van der Waals surface area contributed by atoms with Crippen molar-refractivity contribution in [2.45, 2.75) is 24.3 Å². The van der Waals surface area contributed by atoms with Gasteiger partial charge in [0.05, 0.1) is 10.6 Å². The summed E-state index contributed by atoms with van der Waals surface area (Å²) in [6.45, 7) is 0.227. The third-order valence-corrected chi connectivity index (χ3v) is 4.79. The number of aryl methyl sites for hydroxylation is 1. The highest BCUT2D eigenvalue weighted by atomic mass is 32.2. The topological polar surface area (TPSA) is 80.3 Å². The van der Waals surface area contributed by atoms with Gasteiger partial charge in [-0.3, -0.25) is 9.59 Å². The zero-order valence-electron chi connectivity index (χ0n) is 9.68. The summed E-state index contributed by atoms with van der Waals surface area (Å²) in [7, 11) is -3.14. The van der Waals surface area contributed by atoms with Gasteiger partial charge in [0.1, 0.15) is 0 Å². The van der Waals surface area contributed by atoms with E-state index in [4.69, 9.17) is 0 Å². The molecule has 1 heterocycles. The van der Waals surface area contributed by atoms with E-state index in [9.17, 15) is 18.0 Å². The minimum absolute atomic E-state index is 0.196. The first-order valence-corrected chi connectivity index (χ1v) is 7.26. The number of carbonyl (C=O) groups is 2. The minimum atomic E-state index is -3.14. The van der Waals surface area contributed by atoms with Crippen molar-refractivity contribution in [1.29, 1.82) is 0 Å². The molecule has 0 unspecified atom stereocenters. The Morgan fingerprint density at radius 3 is 2.89 bits per heavy atom. The molecular formula is C12H13NO4S. The number of fused-ring (bicyclic) bond motifs is 1. The fraction of sp³-hybridized carbons (Fsp3) is 0.333. The van der Waals surface area contributed by atoms with Crippen molar-refractivity contribution < 1.29 is 18.0 Å². The lowest BCUT2D eigenvalue weighted by Crippen LogP contribution is -2.24. The molecule has 1 aromatic rings. The Kier molecular flexibility index (Phi) is 3.47. The van der Waals surface area contributed by atoms with Gasteiger partial charge in [-0.05, 0) is 30.0 Å². The van der Waals surface area contributed by atoms with Crippen LogP contribution in [0.15, 0.2) is 23.1 Å². The molecule has 1 aromatic carbocycles. The third kappa shape index (κ3) is 2.59.